The van der Waals surface area contributed by atoms with Crippen LogP contribution in [0.5, 0.6) is 0 Å². The lowest BCUT2D eigenvalue weighted by Gasteiger charge is -2.31. The molecule has 4 N–H and O–H groups in total. The third-order valence-electron chi connectivity index (χ3n) is 6.61. The molecule has 1 aliphatic carbocycles. The maximum absolute atomic E-state index is 13.5. The summed E-state index contributed by atoms with van der Waals surface area (Å²) >= 11 is 0. The molecule has 1 saturated heterocycles. The molecule has 0 radical (unpaired) electrons. The van der Waals surface area contributed by atoms with Gasteiger partial charge in [0.15, 0.2) is 0 Å². The van der Waals surface area contributed by atoms with Crippen molar-refractivity contribution < 1.29 is 27.6 Å². The molecular formula is C25H37N5O6S. The van der Waals surface area contributed by atoms with Gasteiger partial charge in [-0.3, -0.25) is 14.4 Å². The van der Waals surface area contributed by atoms with Gasteiger partial charge in [-0.25, -0.2) is 17.9 Å². The zero-order valence-corrected chi connectivity index (χ0v) is 22.8. The van der Waals surface area contributed by atoms with Crippen LogP contribution in [0.4, 0.5) is 4.79 Å². The van der Waals surface area contributed by atoms with Gasteiger partial charge in [-0.2, -0.15) is 0 Å². The number of likely N-dealkylation sites (tertiary alicyclic amines) is 1. The number of rotatable bonds is 8. The van der Waals surface area contributed by atoms with Gasteiger partial charge in [-0.15, -0.1) is 0 Å². The second-order valence-corrected chi connectivity index (χ2v) is 12.8. The minimum Gasteiger partial charge on any atom is -0.340 e. The summed E-state index contributed by atoms with van der Waals surface area (Å²) in [6.45, 7) is 9.42. The molecule has 3 rings (SSSR count). The van der Waals surface area contributed by atoms with Gasteiger partial charge >= 0.3 is 6.03 Å². The van der Waals surface area contributed by atoms with Gasteiger partial charge in [0.2, 0.25) is 11.8 Å². The Hall–Kier alpha value is -3.15. The van der Waals surface area contributed by atoms with Crippen molar-refractivity contribution in [2.45, 2.75) is 75.9 Å². The summed E-state index contributed by atoms with van der Waals surface area (Å²) in [5.74, 6) is -1.80. The van der Waals surface area contributed by atoms with Gasteiger partial charge in [0.05, 0.1) is 11.4 Å². The Morgan fingerprint density at radius 3 is 2.24 bits per heavy atom. The van der Waals surface area contributed by atoms with Gasteiger partial charge < -0.3 is 20.9 Å². The highest BCUT2D eigenvalue weighted by molar-refractivity contribution is 7.90. The maximum atomic E-state index is 13.5. The molecule has 1 unspecified atom stereocenters. The second kappa shape index (κ2) is 10.7. The average Bonchev–Trinajstić information content (AvgIpc) is 3.43. The van der Waals surface area contributed by atoms with Crippen molar-refractivity contribution in [1.82, 2.24) is 25.6 Å². The summed E-state index contributed by atoms with van der Waals surface area (Å²) in [4.78, 5) is 52.9. The first kappa shape index (κ1) is 28.4. The fourth-order valence-corrected chi connectivity index (χ4v) is 5.57. The van der Waals surface area contributed by atoms with Gasteiger partial charge in [-0.1, -0.05) is 32.0 Å². The number of hydrogen-bond acceptors (Lipinski definition) is 6. The zero-order valence-electron chi connectivity index (χ0n) is 22.0. The van der Waals surface area contributed by atoms with Gasteiger partial charge in [0.25, 0.3) is 15.9 Å². The van der Waals surface area contributed by atoms with E-state index in [0.717, 1.165) is 0 Å². The van der Waals surface area contributed by atoms with Crippen LogP contribution < -0.4 is 20.7 Å². The highest BCUT2D eigenvalue weighted by atomic mass is 32.2. The zero-order chi connectivity index (χ0) is 27.6. The number of nitrogens with one attached hydrogen (secondary N) is 4. The summed E-state index contributed by atoms with van der Waals surface area (Å²) < 4.78 is 27.3. The molecule has 1 aromatic carbocycles. The normalized spacial score (nSPS) is 20.8. The molecular weight excluding hydrogens is 498 g/mol. The summed E-state index contributed by atoms with van der Waals surface area (Å²) in [5.41, 5.74) is -1.82. The van der Waals surface area contributed by atoms with Crippen LogP contribution in [0, 0.1) is 11.8 Å². The highest BCUT2D eigenvalue weighted by Gasteiger charge is 2.54. The first-order valence-electron chi connectivity index (χ1n) is 12.4. The van der Waals surface area contributed by atoms with E-state index in [4.69, 9.17) is 0 Å². The van der Waals surface area contributed by atoms with E-state index in [-0.39, 0.29) is 36.1 Å². The van der Waals surface area contributed by atoms with E-state index in [2.05, 4.69) is 20.7 Å². The van der Waals surface area contributed by atoms with Crippen LogP contribution in [-0.4, -0.2) is 67.3 Å². The topological polar surface area (TPSA) is 154 Å². The molecule has 12 heteroatoms. The van der Waals surface area contributed by atoms with E-state index in [1.54, 1.807) is 18.2 Å². The molecule has 5 amide bonds. The van der Waals surface area contributed by atoms with Gasteiger partial charge in [0, 0.05) is 12.1 Å². The molecule has 0 aromatic heterocycles. The molecule has 2 atom stereocenters. The van der Waals surface area contributed by atoms with Gasteiger partial charge in [-0.05, 0) is 64.0 Å². The number of carbonyl (C=O) groups excluding carboxylic acids is 4. The number of benzene rings is 1. The highest BCUT2D eigenvalue weighted by Crippen LogP contribution is 2.38. The molecule has 1 saturated carbocycles. The first-order valence-corrected chi connectivity index (χ1v) is 13.9. The van der Waals surface area contributed by atoms with Crippen LogP contribution in [0.2, 0.25) is 0 Å². The Labute approximate surface area is 218 Å². The summed E-state index contributed by atoms with van der Waals surface area (Å²) in [7, 11) is -4.10. The molecule has 1 aromatic rings. The van der Waals surface area contributed by atoms with Crippen molar-refractivity contribution in [2.24, 2.45) is 11.8 Å². The molecule has 1 heterocycles. The Morgan fingerprint density at radius 2 is 1.70 bits per heavy atom. The number of amides is 5. The standard InChI is InChI=1S/C25H37N5O6S/c1-16(2)18-11-14-30(19(31)15-26-23(34)28-24(3,4)5)20(18)21(32)27-25(12-13-25)22(33)29-37(35,36)17-9-7-6-8-10-17/h6-10,16,18,20H,11-15H2,1-5H3,(H,27,32)(H,29,33)(H2,26,28,34)/t18?,20-/m0/s1. The fourth-order valence-electron chi connectivity index (χ4n) is 4.49. The summed E-state index contributed by atoms with van der Waals surface area (Å²) in [5, 5.41) is 7.99. The van der Waals surface area contributed by atoms with E-state index >= 15 is 0 Å². The molecule has 11 nitrogen and oxygen atoms in total. The van der Waals surface area contributed by atoms with Crippen LogP contribution in [0.3, 0.4) is 0 Å². The molecule has 2 aliphatic rings. The lowest BCUT2D eigenvalue weighted by atomic mass is 9.88. The van der Waals surface area contributed by atoms with E-state index in [9.17, 15) is 27.6 Å². The molecule has 2 fully saturated rings. The van der Waals surface area contributed by atoms with Crippen LogP contribution in [0.15, 0.2) is 35.2 Å². The van der Waals surface area contributed by atoms with Crippen molar-refractivity contribution >= 4 is 33.8 Å². The number of carbonyl (C=O) groups is 4. The van der Waals surface area contributed by atoms with Crippen molar-refractivity contribution in [1.29, 1.82) is 0 Å². The van der Waals surface area contributed by atoms with Crippen molar-refractivity contribution in [3.63, 3.8) is 0 Å². The van der Waals surface area contributed by atoms with Crippen LogP contribution in [0.25, 0.3) is 0 Å². The first-order chi connectivity index (χ1) is 17.2. The number of hydrogen-bond donors (Lipinski definition) is 4. The maximum Gasteiger partial charge on any atom is 0.315 e. The second-order valence-electron chi connectivity index (χ2n) is 11.1. The smallest absolute Gasteiger partial charge is 0.315 e. The lowest BCUT2D eigenvalue weighted by molar-refractivity contribution is -0.140. The Balaban J connectivity index is 1.69. The Kier molecular flexibility index (Phi) is 8.21. The van der Waals surface area contributed by atoms with E-state index < -0.39 is 50.9 Å². The molecule has 0 spiro atoms. The molecule has 37 heavy (non-hydrogen) atoms. The van der Waals surface area contributed by atoms with Crippen LogP contribution in [-0.2, 0) is 24.4 Å². The lowest BCUT2D eigenvalue weighted by Crippen LogP contribution is -2.58. The number of nitrogens with zero attached hydrogens (tertiary/aromatic N) is 1. The number of sulfonamides is 1. The number of urea groups is 1. The average molecular weight is 536 g/mol. The predicted octanol–water partition coefficient (Wildman–Crippen LogP) is 1.11. The van der Waals surface area contributed by atoms with E-state index in [1.807, 2.05) is 34.6 Å². The van der Waals surface area contributed by atoms with Crippen molar-refractivity contribution in [2.75, 3.05) is 13.1 Å². The predicted molar refractivity (Wildman–Crippen MR) is 137 cm³/mol. The van der Waals surface area contributed by atoms with Crippen molar-refractivity contribution in [3.8, 4) is 0 Å². The van der Waals surface area contributed by atoms with Crippen LogP contribution >= 0.6 is 0 Å². The third kappa shape index (κ3) is 7.00. The monoisotopic (exact) mass is 535 g/mol. The SMILES string of the molecule is CC(C)C1CCN(C(=O)CNC(=O)NC(C)(C)C)[C@@H]1C(=O)NC1(C(=O)NS(=O)(=O)c2ccccc2)CC1. The molecule has 0 bridgehead atoms. The van der Waals surface area contributed by atoms with Gasteiger partial charge in [0.1, 0.15) is 11.6 Å². The van der Waals surface area contributed by atoms with Crippen molar-refractivity contribution in [3.05, 3.63) is 30.3 Å². The van der Waals surface area contributed by atoms with E-state index in [0.29, 0.717) is 13.0 Å². The largest absolute Gasteiger partial charge is 0.340 e. The third-order valence-corrected chi connectivity index (χ3v) is 7.95. The van der Waals surface area contributed by atoms with Crippen LogP contribution in [0.1, 0.15) is 53.9 Å². The minimum absolute atomic E-state index is 0.0547. The summed E-state index contributed by atoms with van der Waals surface area (Å²) in [6.07, 6.45) is 1.17. The quantitative estimate of drug-likeness (QED) is 0.391. The molecule has 204 valence electrons. The Bertz CT molecular complexity index is 1140. The fraction of sp³-hybridized carbons (Fsp3) is 0.600. The van der Waals surface area contributed by atoms with E-state index in [1.165, 1.54) is 17.0 Å². The Morgan fingerprint density at radius 1 is 1.08 bits per heavy atom. The summed E-state index contributed by atoms with van der Waals surface area (Å²) in [6, 6.07) is 6.18. The minimum atomic E-state index is -4.10. The molecule has 1 aliphatic heterocycles.